The first-order chi connectivity index (χ1) is 12.9. The van der Waals surface area contributed by atoms with E-state index in [0.717, 1.165) is 0 Å². The largest absolute Gasteiger partial charge is 0.484 e. The number of carbonyl (C=O) groups excluding carboxylic acids is 1. The van der Waals surface area contributed by atoms with Crippen LogP contribution in [-0.4, -0.2) is 37.4 Å². The Morgan fingerprint density at radius 2 is 2.11 bits per heavy atom. The molecule has 0 aliphatic carbocycles. The monoisotopic (exact) mass is 372 g/mol. The predicted molar refractivity (Wildman–Crippen MR) is 91.7 cm³/mol. The third-order valence-electron chi connectivity index (χ3n) is 3.63. The van der Waals surface area contributed by atoms with E-state index in [1.165, 1.54) is 10.9 Å². The van der Waals surface area contributed by atoms with E-state index >= 15 is 0 Å². The Hall–Kier alpha value is -3.76. The van der Waals surface area contributed by atoms with Gasteiger partial charge in [-0.3, -0.25) is 19.6 Å². The second-order valence-corrected chi connectivity index (χ2v) is 5.66. The highest BCUT2D eigenvalue weighted by Gasteiger charge is 2.16. The zero-order valence-electron chi connectivity index (χ0n) is 14.4. The summed E-state index contributed by atoms with van der Waals surface area (Å²) in [6, 6.07) is 6.79. The standard InChI is InChI=1S/C16H16N6O5/c1-10-13(22(24)25)8-21(19-10)7-6-15-18-16(20-27-15)11-2-4-12(5-3-11)26-9-14(17)23/h2-5,8H,6-7,9H2,1H3,(H2,17,23). The van der Waals surface area contributed by atoms with Crippen LogP contribution in [0.25, 0.3) is 11.4 Å². The highest BCUT2D eigenvalue weighted by Crippen LogP contribution is 2.20. The third kappa shape index (κ3) is 4.45. The zero-order chi connectivity index (χ0) is 19.4. The molecule has 0 bridgehead atoms. The average Bonchev–Trinajstić information content (AvgIpc) is 3.25. The van der Waals surface area contributed by atoms with Crippen molar-refractivity contribution >= 4 is 11.6 Å². The minimum atomic E-state index is -0.556. The number of hydrogen-bond acceptors (Lipinski definition) is 8. The molecule has 1 amide bonds. The Kier molecular flexibility index (Phi) is 5.11. The van der Waals surface area contributed by atoms with Gasteiger partial charge >= 0.3 is 5.69 Å². The summed E-state index contributed by atoms with van der Waals surface area (Å²) in [7, 11) is 0. The summed E-state index contributed by atoms with van der Waals surface area (Å²) in [6.45, 7) is 1.75. The van der Waals surface area contributed by atoms with Crippen LogP contribution in [0.3, 0.4) is 0 Å². The van der Waals surface area contributed by atoms with E-state index in [2.05, 4.69) is 15.2 Å². The number of hydrogen-bond donors (Lipinski definition) is 1. The van der Waals surface area contributed by atoms with Gasteiger partial charge in [0.1, 0.15) is 17.6 Å². The molecule has 0 unspecified atom stereocenters. The molecule has 0 saturated carbocycles. The van der Waals surface area contributed by atoms with Gasteiger partial charge < -0.3 is 15.0 Å². The van der Waals surface area contributed by atoms with Gasteiger partial charge in [-0.25, -0.2) is 0 Å². The van der Waals surface area contributed by atoms with Gasteiger partial charge in [-0.1, -0.05) is 5.16 Å². The topological polar surface area (TPSA) is 152 Å². The van der Waals surface area contributed by atoms with Gasteiger partial charge in [-0.05, 0) is 31.2 Å². The number of nitrogens with two attached hydrogens (primary N) is 1. The zero-order valence-corrected chi connectivity index (χ0v) is 14.4. The number of carbonyl (C=O) groups is 1. The molecule has 140 valence electrons. The summed E-state index contributed by atoms with van der Waals surface area (Å²) in [4.78, 5) is 25.4. The molecule has 3 rings (SSSR count). The van der Waals surface area contributed by atoms with E-state index in [0.29, 0.717) is 41.7 Å². The summed E-state index contributed by atoms with van der Waals surface area (Å²) in [6.07, 6.45) is 1.75. The maximum absolute atomic E-state index is 10.8. The fraction of sp³-hybridized carbons (Fsp3) is 0.250. The quantitative estimate of drug-likeness (QED) is 0.458. The smallest absolute Gasteiger partial charge is 0.309 e. The Morgan fingerprint density at radius 3 is 2.74 bits per heavy atom. The van der Waals surface area contributed by atoms with E-state index in [-0.39, 0.29) is 12.3 Å². The van der Waals surface area contributed by atoms with Crippen LogP contribution in [0.2, 0.25) is 0 Å². The molecule has 0 spiro atoms. The van der Waals surface area contributed by atoms with Crippen LogP contribution in [-0.2, 0) is 17.8 Å². The number of primary amides is 1. The molecule has 0 fully saturated rings. The van der Waals surface area contributed by atoms with Crippen molar-refractivity contribution in [2.75, 3.05) is 6.61 Å². The molecular weight excluding hydrogens is 356 g/mol. The lowest BCUT2D eigenvalue weighted by molar-refractivity contribution is -0.385. The SMILES string of the molecule is Cc1nn(CCc2nc(-c3ccc(OCC(N)=O)cc3)no2)cc1[N+](=O)[O-]. The summed E-state index contributed by atoms with van der Waals surface area (Å²) >= 11 is 0. The van der Waals surface area contributed by atoms with Crippen LogP contribution >= 0.6 is 0 Å². The molecule has 2 aromatic heterocycles. The van der Waals surface area contributed by atoms with Crippen LogP contribution in [0.4, 0.5) is 5.69 Å². The molecule has 2 N–H and O–H groups in total. The van der Waals surface area contributed by atoms with Crippen LogP contribution in [0.5, 0.6) is 5.75 Å². The summed E-state index contributed by atoms with van der Waals surface area (Å²) in [5, 5.41) is 18.9. The summed E-state index contributed by atoms with van der Waals surface area (Å²) < 4.78 is 11.9. The van der Waals surface area contributed by atoms with E-state index < -0.39 is 10.8 Å². The predicted octanol–water partition coefficient (Wildman–Crippen LogP) is 1.26. The molecular formula is C16H16N6O5. The highest BCUT2D eigenvalue weighted by molar-refractivity contribution is 5.75. The number of aryl methyl sites for hydroxylation is 3. The number of rotatable bonds is 8. The molecule has 0 radical (unpaired) electrons. The van der Waals surface area contributed by atoms with E-state index in [4.69, 9.17) is 15.0 Å². The van der Waals surface area contributed by atoms with Crippen LogP contribution in [0, 0.1) is 17.0 Å². The fourth-order valence-corrected chi connectivity index (χ4v) is 2.34. The number of nitrogens with zero attached hydrogens (tertiary/aromatic N) is 5. The van der Waals surface area contributed by atoms with E-state index in [1.807, 2.05) is 0 Å². The number of benzene rings is 1. The van der Waals surface area contributed by atoms with Gasteiger partial charge in [0.05, 0.1) is 4.92 Å². The van der Waals surface area contributed by atoms with Crippen molar-refractivity contribution in [1.82, 2.24) is 19.9 Å². The van der Waals surface area contributed by atoms with Gasteiger partial charge in [-0.2, -0.15) is 10.1 Å². The molecule has 27 heavy (non-hydrogen) atoms. The van der Waals surface area contributed by atoms with Gasteiger partial charge in [-0.15, -0.1) is 0 Å². The van der Waals surface area contributed by atoms with Crippen LogP contribution < -0.4 is 10.5 Å². The van der Waals surface area contributed by atoms with Crippen molar-refractivity contribution in [2.45, 2.75) is 19.9 Å². The minimum Gasteiger partial charge on any atom is -0.484 e. The van der Waals surface area contributed by atoms with Crippen molar-refractivity contribution in [3.63, 3.8) is 0 Å². The van der Waals surface area contributed by atoms with Gasteiger partial charge in [0, 0.05) is 18.5 Å². The first-order valence-corrected chi connectivity index (χ1v) is 7.95. The highest BCUT2D eigenvalue weighted by atomic mass is 16.6. The second-order valence-electron chi connectivity index (χ2n) is 5.66. The van der Waals surface area contributed by atoms with Crippen molar-refractivity contribution < 1.29 is 19.0 Å². The molecule has 11 nitrogen and oxygen atoms in total. The first kappa shape index (κ1) is 18.0. The molecule has 3 aromatic rings. The lowest BCUT2D eigenvalue weighted by atomic mass is 10.2. The van der Waals surface area contributed by atoms with Gasteiger partial charge in [0.2, 0.25) is 11.7 Å². The number of ether oxygens (including phenoxy) is 1. The normalized spacial score (nSPS) is 10.7. The fourth-order valence-electron chi connectivity index (χ4n) is 2.34. The van der Waals surface area contributed by atoms with Crippen molar-refractivity contribution in [2.24, 2.45) is 5.73 Å². The van der Waals surface area contributed by atoms with Gasteiger partial charge in [0.25, 0.3) is 5.91 Å². The molecule has 1 aromatic carbocycles. The third-order valence-corrected chi connectivity index (χ3v) is 3.63. The van der Waals surface area contributed by atoms with Crippen molar-refractivity contribution in [3.05, 3.63) is 52.2 Å². The van der Waals surface area contributed by atoms with Crippen LogP contribution in [0.1, 0.15) is 11.6 Å². The number of aromatic nitrogens is 4. The maximum Gasteiger partial charge on any atom is 0.309 e. The molecule has 0 aliphatic rings. The molecule has 0 aliphatic heterocycles. The first-order valence-electron chi connectivity index (χ1n) is 7.95. The summed E-state index contributed by atoms with van der Waals surface area (Å²) in [5.41, 5.74) is 6.06. The lowest BCUT2D eigenvalue weighted by Gasteiger charge is -2.03. The van der Waals surface area contributed by atoms with Crippen molar-refractivity contribution in [3.8, 4) is 17.1 Å². The average molecular weight is 372 g/mol. The molecule has 0 atom stereocenters. The molecule has 0 saturated heterocycles. The molecule has 2 heterocycles. The number of nitro groups is 1. The Bertz CT molecular complexity index is 962. The summed E-state index contributed by atoms with van der Waals surface area (Å²) in [5.74, 6) is 0.723. The minimum absolute atomic E-state index is 0.0279. The number of amides is 1. The Balaban J connectivity index is 1.62. The Morgan fingerprint density at radius 1 is 1.37 bits per heavy atom. The van der Waals surface area contributed by atoms with Crippen LogP contribution in [0.15, 0.2) is 35.0 Å². The van der Waals surface area contributed by atoms with E-state index in [9.17, 15) is 14.9 Å². The second kappa shape index (κ2) is 7.64. The van der Waals surface area contributed by atoms with E-state index in [1.54, 1.807) is 31.2 Å². The van der Waals surface area contributed by atoms with Crippen molar-refractivity contribution in [1.29, 1.82) is 0 Å². The Labute approximate surface area is 152 Å². The molecule has 11 heteroatoms. The maximum atomic E-state index is 10.8. The lowest BCUT2D eigenvalue weighted by Crippen LogP contribution is -2.19. The van der Waals surface area contributed by atoms with Gasteiger partial charge in [0.15, 0.2) is 6.61 Å².